The number of ether oxygens (including phenoxy) is 1. The highest BCUT2D eigenvalue weighted by Gasteiger charge is 2.13. The van der Waals surface area contributed by atoms with Crippen LogP contribution in [-0.2, 0) is 16.1 Å². The summed E-state index contributed by atoms with van der Waals surface area (Å²) in [5, 5.41) is 1.11. The summed E-state index contributed by atoms with van der Waals surface area (Å²) in [6.07, 6.45) is 0. The van der Waals surface area contributed by atoms with Crippen LogP contribution in [0.3, 0.4) is 0 Å². The van der Waals surface area contributed by atoms with Crippen LogP contribution in [0.1, 0.15) is 6.92 Å². The van der Waals surface area contributed by atoms with Gasteiger partial charge in [-0.2, -0.15) is 0 Å². The van der Waals surface area contributed by atoms with Crippen molar-refractivity contribution in [3.63, 3.8) is 0 Å². The number of nitrogen functional groups attached to an aromatic ring is 1. The summed E-state index contributed by atoms with van der Waals surface area (Å²) >= 11 is 0. The van der Waals surface area contributed by atoms with Gasteiger partial charge in [-0.1, -0.05) is 12.1 Å². The summed E-state index contributed by atoms with van der Waals surface area (Å²) in [5.41, 5.74) is 7.65. The molecular formula is C17H16N2O3. The Morgan fingerprint density at radius 1 is 1.14 bits per heavy atom. The molecule has 22 heavy (non-hydrogen) atoms. The quantitative estimate of drug-likeness (QED) is 0.457. The lowest BCUT2D eigenvalue weighted by Gasteiger charge is -2.14. The van der Waals surface area contributed by atoms with Crippen LogP contribution >= 0.6 is 0 Å². The fraction of sp³-hybridized carbons (Fsp3) is 0.176. The van der Waals surface area contributed by atoms with E-state index in [1.54, 1.807) is 35.8 Å². The molecule has 0 fully saturated rings. The number of anilines is 1. The standard InChI is InChI=1S/C17H16N2O3/c1-2-22-16(20)10-19-14-6-4-3-5-12(14)17(21)13-8-7-11(18)9-15(13)19/h3-9H,2,10,18H2,1H3. The van der Waals surface area contributed by atoms with Crippen LogP contribution in [0.4, 0.5) is 5.69 Å². The number of rotatable bonds is 3. The van der Waals surface area contributed by atoms with Gasteiger partial charge in [0.2, 0.25) is 0 Å². The van der Waals surface area contributed by atoms with Crippen LogP contribution in [0.15, 0.2) is 47.3 Å². The van der Waals surface area contributed by atoms with E-state index in [1.165, 1.54) is 0 Å². The van der Waals surface area contributed by atoms with Crippen LogP contribution in [0.2, 0.25) is 0 Å². The second kappa shape index (κ2) is 5.52. The zero-order valence-electron chi connectivity index (χ0n) is 12.2. The molecule has 5 nitrogen and oxygen atoms in total. The third kappa shape index (κ3) is 2.30. The molecule has 2 N–H and O–H groups in total. The lowest BCUT2D eigenvalue weighted by Crippen LogP contribution is -2.18. The van der Waals surface area contributed by atoms with Crippen molar-refractivity contribution < 1.29 is 9.53 Å². The van der Waals surface area contributed by atoms with Gasteiger partial charge >= 0.3 is 5.97 Å². The maximum atomic E-state index is 12.6. The van der Waals surface area contributed by atoms with Crippen molar-refractivity contribution >= 4 is 33.5 Å². The molecule has 0 amide bonds. The molecule has 0 radical (unpaired) electrons. The van der Waals surface area contributed by atoms with Gasteiger partial charge in [-0.15, -0.1) is 0 Å². The minimum absolute atomic E-state index is 0.0363. The number of pyridine rings is 1. The number of hydrogen-bond donors (Lipinski definition) is 1. The molecule has 5 heteroatoms. The van der Waals surface area contributed by atoms with Gasteiger partial charge < -0.3 is 15.0 Å². The first kappa shape index (κ1) is 14.1. The van der Waals surface area contributed by atoms with Gasteiger partial charge in [0.25, 0.3) is 0 Å². The fourth-order valence-electron chi connectivity index (χ4n) is 2.65. The molecule has 0 aliphatic heterocycles. The summed E-state index contributed by atoms with van der Waals surface area (Å²) in [5.74, 6) is -0.347. The molecule has 3 rings (SSSR count). The van der Waals surface area contributed by atoms with E-state index < -0.39 is 0 Å². The Bertz CT molecular complexity index is 928. The average Bonchev–Trinajstić information content (AvgIpc) is 2.51. The highest BCUT2D eigenvalue weighted by atomic mass is 16.5. The van der Waals surface area contributed by atoms with Crippen LogP contribution in [0, 0.1) is 0 Å². The van der Waals surface area contributed by atoms with Crippen LogP contribution in [0.5, 0.6) is 0 Å². The Morgan fingerprint density at radius 2 is 1.86 bits per heavy atom. The maximum Gasteiger partial charge on any atom is 0.325 e. The number of nitrogens with zero attached hydrogens (tertiary/aromatic N) is 1. The van der Waals surface area contributed by atoms with Gasteiger partial charge in [0.05, 0.1) is 17.6 Å². The zero-order chi connectivity index (χ0) is 15.7. The number of benzene rings is 2. The fourth-order valence-corrected chi connectivity index (χ4v) is 2.65. The average molecular weight is 296 g/mol. The Labute approximate surface area is 126 Å². The molecule has 3 aromatic rings. The van der Waals surface area contributed by atoms with Crippen molar-refractivity contribution in [2.24, 2.45) is 0 Å². The minimum Gasteiger partial charge on any atom is -0.465 e. The maximum absolute atomic E-state index is 12.6. The monoisotopic (exact) mass is 296 g/mol. The molecule has 112 valence electrons. The van der Waals surface area contributed by atoms with Gasteiger partial charge in [-0.05, 0) is 37.3 Å². The van der Waals surface area contributed by atoms with Crippen molar-refractivity contribution in [1.29, 1.82) is 0 Å². The molecule has 0 unspecified atom stereocenters. The van der Waals surface area contributed by atoms with E-state index in [4.69, 9.17) is 10.5 Å². The van der Waals surface area contributed by atoms with Crippen molar-refractivity contribution in [1.82, 2.24) is 4.57 Å². The lowest BCUT2D eigenvalue weighted by atomic mass is 10.1. The van der Waals surface area contributed by atoms with Crippen molar-refractivity contribution in [3.05, 3.63) is 52.7 Å². The number of hydrogen-bond acceptors (Lipinski definition) is 4. The molecule has 0 bridgehead atoms. The topological polar surface area (TPSA) is 74.3 Å². The first-order chi connectivity index (χ1) is 10.6. The first-order valence-electron chi connectivity index (χ1n) is 7.08. The van der Waals surface area contributed by atoms with E-state index >= 15 is 0 Å². The van der Waals surface area contributed by atoms with E-state index in [1.807, 2.05) is 18.2 Å². The SMILES string of the molecule is CCOC(=O)Cn1c2ccccc2c(=O)c2ccc(N)cc21. The molecule has 0 aliphatic carbocycles. The number of carbonyl (C=O) groups excluding carboxylic acids is 1. The van der Waals surface area contributed by atoms with Crippen molar-refractivity contribution in [2.75, 3.05) is 12.3 Å². The molecule has 1 aromatic heterocycles. The number of fused-ring (bicyclic) bond motifs is 2. The molecular weight excluding hydrogens is 280 g/mol. The number of para-hydroxylation sites is 1. The predicted molar refractivity (Wildman–Crippen MR) is 86.8 cm³/mol. The normalized spacial score (nSPS) is 11.0. The third-order valence-corrected chi connectivity index (χ3v) is 3.59. The van der Waals surface area contributed by atoms with Crippen molar-refractivity contribution in [3.8, 4) is 0 Å². The Morgan fingerprint density at radius 3 is 2.64 bits per heavy atom. The minimum atomic E-state index is -0.347. The highest BCUT2D eigenvalue weighted by Crippen LogP contribution is 2.21. The lowest BCUT2D eigenvalue weighted by molar-refractivity contribution is -0.143. The molecule has 0 saturated carbocycles. The molecule has 0 spiro atoms. The largest absolute Gasteiger partial charge is 0.465 e. The summed E-state index contributed by atoms with van der Waals surface area (Å²) in [6, 6.07) is 12.3. The second-order valence-electron chi connectivity index (χ2n) is 5.01. The predicted octanol–water partition coefficient (Wildman–Crippen LogP) is 2.30. The van der Waals surface area contributed by atoms with E-state index in [2.05, 4.69) is 0 Å². The molecule has 0 aliphatic rings. The summed E-state index contributed by atoms with van der Waals surface area (Å²) in [7, 11) is 0. The molecule has 2 aromatic carbocycles. The van der Waals surface area contributed by atoms with E-state index in [0.29, 0.717) is 34.1 Å². The summed E-state index contributed by atoms with van der Waals surface area (Å²) < 4.78 is 6.81. The zero-order valence-corrected chi connectivity index (χ0v) is 12.2. The molecule has 0 atom stereocenters. The first-order valence-corrected chi connectivity index (χ1v) is 7.08. The van der Waals surface area contributed by atoms with Crippen molar-refractivity contribution in [2.45, 2.75) is 13.5 Å². The third-order valence-electron chi connectivity index (χ3n) is 3.59. The number of carbonyl (C=O) groups is 1. The van der Waals surface area contributed by atoms with Crippen LogP contribution in [-0.4, -0.2) is 17.1 Å². The Kier molecular flexibility index (Phi) is 3.55. The summed E-state index contributed by atoms with van der Waals surface area (Å²) in [6.45, 7) is 2.11. The number of nitrogens with two attached hydrogens (primary N) is 1. The number of aromatic nitrogens is 1. The highest BCUT2D eigenvalue weighted by molar-refractivity contribution is 5.95. The van der Waals surface area contributed by atoms with E-state index in [-0.39, 0.29) is 17.9 Å². The van der Waals surface area contributed by atoms with Gasteiger partial charge in [0.15, 0.2) is 5.43 Å². The Hall–Kier alpha value is -2.82. The van der Waals surface area contributed by atoms with Crippen LogP contribution in [0.25, 0.3) is 21.8 Å². The van der Waals surface area contributed by atoms with Gasteiger partial charge in [0.1, 0.15) is 6.54 Å². The number of esters is 1. The van der Waals surface area contributed by atoms with Crippen LogP contribution < -0.4 is 11.2 Å². The molecule has 0 saturated heterocycles. The second-order valence-corrected chi connectivity index (χ2v) is 5.01. The Balaban J connectivity index is 2.38. The van der Waals surface area contributed by atoms with E-state index in [9.17, 15) is 9.59 Å². The summed E-state index contributed by atoms with van der Waals surface area (Å²) in [4.78, 5) is 24.5. The van der Waals surface area contributed by atoms with Gasteiger partial charge in [-0.3, -0.25) is 9.59 Å². The smallest absolute Gasteiger partial charge is 0.325 e. The van der Waals surface area contributed by atoms with Gasteiger partial charge in [0, 0.05) is 16.5 Å². The molecule has 1 heterocycles. The van der Waals surface area contributed by atoms with E-state index in [0.717, 1.165) is 0 Å². The van der Waals surface area contributed by atoms with Gasteiger partial charge in [-0.25, -0.2) is 0 Å².